The SMILES string of the molecule is Cl.Cl.O=[N+]([O-])c1cccc(S(=O)(=O)NCCN2CCNCC2)c1. The molecule has 2 rings (SSSR count). The van der Waals surface area contributed by atoms with Crippen LogP contribution >= 0.6 is 24.8 Å². The Labute approximate surface area is 147 Å². The molecule has 132 valence electrons. The third-order valence-electron chi connectivity index (χ3n) is 3.27. The van der Waals surface area contributed by atoms with Crippen molar-refractivity contribution in [1.29, 1.82) is 0 Å². The summed E-state index contributed by atoms with van der Waals surface area (Å²) >= 11 is 0. The number of halogens is 2. The van der Waals surface area contributed by atoms with Crippen molar-refractivity contribution in [2.24, 2.45) is 0 Å². The first-order valence-corrected chi connectivity index (χ1v) is 8.14. The lowest BCUT2D eigenvalue weighted by Crippen LogP contribution is -2.46. The van der Waals surface area contributed by atoms with Gasteiger partial charge in [-0.25, -0.2) is 13.1 Å². The molecule has 0 aromatic heterocycles. The van der Waals surface area contributed by atoms with E-state index in [1.54, 1.807) is 0 Å². The van der Waals surface area contributed by atoms with E-state index >= 15 is 0 Å². The predicted octanol–water partition coefficient (Wildman–Crippen LogP) is 0.622. The minimum absolute atomic E-state index is 0. The fraction of sp³-hybridized carbons (Fsp3) is 0.500. The minimum Gasteiger partial charge on any atom is -0.314 e. The smallest absolute Gasteiger partial charge is 0.270 e. The van der Waals surface area contributed by atoms with Crippen LogP contribution in [0.2, 0.25) is 0 Å². The Morgan fingerprint density at radius 2 is 1.91 bits per heavy atom. The first-order valence-electron chi connectivity index (χ1n) is 6.66. The fourth-order valence-electron chi connectivity index (χ4n) is 2.12. The van der Waals surface area contributed by atoms with Crippen molar-refractivity contribution in [3.05, 3.63) is 34.4 Å². The van der Waals surface area contributed by atoms with Crippen LogP contribution in [0, 0.1) is 10.1 Å². The Morgan fingerprint density at radius 1 is 1.26 bits per heavy atom. The highest BCUT2D eigenvalue weighted by molar-refractivity contribution is 7.89. The minimum atomic E-state index is -3.71. The first kappa shape index (κ1) is 22.0. The molecule has 0 saturated carbocycles. The molecule has 2 N–H and O–H groups in total. The number of hydrogen-bond donors (Lipinski definition) is 2. The van der Waals surface area contributed by atoms with Crippen molar-refractivity contribution in [1.82, 2.24) is 14.9 Å². The van der Waals surface area contributed by atoms with Crippen molar-refractivity contribution in [3.8, 4) is 0 Å². The van der Waals surface area contributed by atoms with Gasteiger partial charge in [-0.05, 0) is 6.07 Å². The number of sulfonamides is 1. The van der Waals surface area contributed by atoms with E-state index in [9.17, 15) is 18.5 Å². The maximum absolute atomic E-state index is 12.1. The van der Waals surface area contributed by atoms with E-state index in [0.29, 0.717) is 6.54 Å². The van der Waals surface area contributed by atoms with Crippen LogP contribution in [0.1, 0.15) is 0 Å². The average Bonchev–Trinajstić information content (AvgIpc) is 2.48. The maximum atomic E-state index is 12.1. The lowest BCUT2D eigenvalue weighted by Gasteiger charge is -2.27. The van der Waals surface area contributed by atoms with E-state index in [1.165, 1.54) is 18.2 Å². The molecule has 1 heterocycles. The molecule has 8 nitrogen and oxygen atoms in total. The van der Waals surface area contributed by atoms with Crippen LogP contribution in [0.25, 0.3) is 0 Å². The summed E-state index contributed by atoms with van der Waals surface area (Å²) in [6, 6.07) is 5.04. The van der Waals surface area contributed by atoms with Gasteiger partial charge in [-0.3, -0.25) is 15.0 Å². The summed E-state index contributed by atoms with van der Waals surface area (Å²) in [5, 5.41) is 13.9. The number of piperazine rings is 1. The summed E-state index contributed by atoms with van der Waals surface area (Å²) in [5.41, 5.74) is -0.236. The molecule has 1 aliphatic heterocycles. The van der Waals surface area contributed by atoms with Crippen LogP contribution < -0.4 is 10.0 Å². The number of rotatable bonds is 6. The average molecular weight is 387 g/mol. The maximum Gasteiger partial charge on any atom is 0.270 e. The molecule has 0 spiro atoms. The van der Waals surface area contributed by atoms with E-state index in [0.717, 1.165) is 32.2 Å². The highest BCUT2D eigenvalue weighted by Gasteiger charge is 2.18. The van der Waals surface area contributed by atoms with Crippen molar-refractivity contribution in [2.45, 2.75) is 4.90 Å². The Morgan fingerprint density at radius 3 is 2.52 bits per heavy atom. The van der Waals surface area contributed by atoms with Gasteiger partial charge in [-0.15, -0.1) is 24.8 Å². The zero-order valence-electron chi connectivity index (χ0n) is 12.3. The van der Waals surface area contributed by atoms with Crippen LogP contribution in [0.3, 0.4) is 0 Å². The standard InChI is InChI=1S/C12H18N4O4S.2ClH/c17-16(18)11-2-1-3-12(10-11)21(19,20)14-6-9-15-7-4-13-5-8-15;;/h1-3,10,13-14H,4-9H2;2*1H. The molecule has 1 fully saturated rings. The second kappa shape index (κ2) is 10.0. The quantitative estimate of drug-likeness (QED) is 0.548. The van der Waals surface area contributed by atoms with Crippen LogP contribution in [0.15, 0.2) is 29.2 Å². The lowest BCUT2D eigenvalue weighted by molar-refractivity contribution is -0.385. The van der Waals surface area contributed by atoms with Crippen LogP contribution in [-0.2, 0) is 10.0 Å². The highest BCUT2D eigenvalue weighted by atomic mass is 35.5. The zero-order valence-corrected chi connectivity index (χ0v) is 14.8. The monoisotopic (exact) mass is 386 g/mol. The van der Waals surface area contributed by atoms with Gasteiger partial charge in [-0.1, -0.05) is 6.07 Å². The molecule has 0 unspecified atom stereocenters. The van der Waals surface area contributed by atoms with Gasteiger partial charge in [-0.2, -0.15) is 0 Å². The van der Waals surface area contributed by atoms with Gasteiger partial charge >= 0.3 is 0 Å². The molecular weight excluding hydrogens is 367 g/mol. The van der Waals surface area contributed by atoms with Crippen LogP contribution in [0.4, 0.5) is 5.69 Å². The van der Waals surface area contributed by atoms with Gasteiger partial charge in [0.15, 0.2) is 0 Å². The number of nitrogens with zero attached hydrogens (tertiary/aromatic N) is 2. The van der Waals surface area contributed by atoms with Crippen molar-refractivity contribution >= 4 is 40.5 Å². The van der Waals surface area contributed by atoms with Crippen molar-refractivity contribution in [3.63, 3.8) is 0 Å². The molecule has 1 aromatic carbocycles. The Balaban J connectivity index is 0.00000242. The molecule has 0 radical (unpaired) electrons. The molecule has 0 amide bonds. The third kappa shape index (κ3) is 6.58. The number of non-ortho nitro benzene ring substituents is 1. The Kier molecular flexibility index (Phi) is 9.59. The molecular formula is C12H20Cl2N4O4S. The molecule has 1 saturated heterocycles. The number of nitro groups is 1. The number of nitrogens with one attached hydrogen (secondary N) is 2. The summed E-state index contributed by atoms with van der Waals surface area (Å²) in [5.74, 6) is 0. The Bertz CT molecular complexity index is 609. The third-order valence-corrected chi connectivity index (χ3v) is 4.73. The molecule has 23 heavy (non-hydrogen) atoms. The summed E-state index contributed by atoms with van der Waals surface area (Å²) in [7, 11) is -3.71. The molecule has 1 aromatic rings. The molecule has 1 aliphatic rings. The predicted molar refractivity (Wildman–Crippen MR) is 92.1 cm³/mol. The van der Waals surface area contributed by atoms with E-state index in [2.05, 4.69) is 14.9 Å². The van der Waals surface area contributed by atoms with E-state index in [1.807, 2.05) is 0 Å². The summed E-state index contributed by atoms with van der Waals surface area (Å²) in [4.78, 5) is 12.1. The molecule has 0 atom stereocenters. The van der Waals surface area contributed by atoms with E-state index in [-0.39, 0.29) is 41.9 Å². The van der Waals surface area contributed by atoms with Gasteiger partial charge in [0.1, 0.15) is 0 Å². The van der Waals surface area contributed by atoms with Crippen molar-refractivity contribution < 1.29 is 13.3 Å². The highest BCUT2D eigenvalue weighted by Crippen LogP contribution is 2.16. The largest absolute Gasteiger partial charge is 0.314 e. The topological polar surface area (TPSA) is 105 Å². The number of benzene rings is 1. The number of nitro benzene ring substituents is 1. The summed E-state index contributed by atoms with van der Waals surface area (Å²) in [6.45, 7) is 4.48. The normalized spacial score (nSPS) is 15.3. The molecule has 11 heteroatoms. The van der Waals surface area contributed by atoms with Gasteiger partial charge in [0.05, 0.1) is 9.82 Å². The lowest BCUT2D eigenvalue weighted by atomic mass is 10.3. The second-order valence-electron chi connectivity index (χ2n) is 4.74. The second-order valence-corrected chi connectivity index (χ2v) is 6.51. The summed E-state index contributed by atoms with van der Waals surface area (Å²) < 4.78 is 26.6. The van der Waals surface area contributed by atoms with Crippen molar-refractivity contribution in [2.75, 3.05) is 39.3 Å². The zero-order chi connectivity index (χ0) is 15.3. The van der Waals surface area contributed by atoms with E-state index in [4.69, 9.17) is 0 Å². The first-order chi connectivity index (χ1) is 9.99. The Hall–Kier alpha value is -0.970. The fourth-order valence-corrected chi connectivity index (χ4v) is 3.18. The van der Waals surface area contributed by atoms with Gasteiger partial charge in [0.2, 0.25) is 10.0 Å². The molecule has 0 aliphatic carbocycles. The van der Waals surface area contributed by atoms with Gasteiger partial charge < -0.3 is 5.32 Å². The van der Waals surface area contributed by atoms with Gasteiger partial charge in [0.25, 0.3) is 5.69 Å². The van der Waals surface area contributed by atoms with Crippen LogP contribution in [-0.4, -0.2) is 57.5 Å². The van der Waals surface area contributed by atoms with Gasteiger partial charge in [0, 0.05) is 51.4 Å². The van der Waals surface area contributed by atoms with Crippen LogP contribution in [0.5, 0.6) is 0 Å². The summed E-state index contributed by atoms with van der Waals surface area (Å²) in [6.07, 6.45) is 0. The van der Waals surface area contributed by atoms with E-state index < -0.39 is 14.9 Å². The number of hydrogen-bond acceptors (Lipinski definition) is 6. The molecule has 0 bridgehead atoms.